The quantitative estimate of drug-likeness (QED) is 0.266. The fraction of sp³-hybridized carbons (Fsp3) is 0.269. The van der Waals surface area contributed by atoms with Crippen LogP contribution in [0.1, 0.15) is 24.6 Å². The lowest BCUT2D eigenvalue weighted by Crippen LogP contribution is -2.34. The summed E-state index contributed by atoms with van der Waals surface area (Å²) in [6.07, 6.45) is 2.06. The van der Waals surface area contributed by atoms with Crippen molar-refractivity contribution in [3.05, 3.63) is 75.6 Å². The van der Waals surface area contributed by atoms with Crippen LogP contribution in [0.2, 0.25) is 0 Å². The molecule has 1 amide bonds. The smallest absolute Gasteiger partial charge is 0.268 e. The van der Waals surface area contributed by atoms with E-state index in [0.717, 1.165) is 41.9 Å². The predicted molar refractivity (Wildman–Crippen MR) is 136 cm³/mol. The third kappa shape index (κ3) is 4.16. The van der Waals surface area contributed by atoms with Gasteiger partial charge < -0.3 is 4.90 Å². The number of thioether (sulfide) groups is 1. The number of likely N-dealkylation sites (tertiary alicyclic amines) is 1. The normalized spacial score (nSPS) is 14.6. The summed E-state index contributed by atoms with van der Waals surface area (Å²) in [4.78, 5) is 35.3. The molecule has 2 aromatic heterocycles. The van der Waals surface area contributed by atoms with Crippen LogP contribution < -0.4 is 5.56 Å². The lowest BCUT2D eigenvalue weighted by molar-refractivity contribution is -0.129. The highest BCUT2D eigenvalue weighted by Gasteiger charge is 2.27. The van der Waals surface area contributed by atoms with Crippen molar-refractivity contribution in [1.29, 1.82) is 0 Å². The number of carbonyl (C=O) groups is 1. The average Bonchev–Trinajstić information content (AvgIpc) is 3.48. The van der Waals surface area contributed by atoms with Gasteiger partial charge in [-0.25, -0.2) is 9.37 Å². The first-order chi connectivity index (χ1) is 16.4. The van der Waals surface area contributed by atoms with Gasteiger partial charge in [0, 0.05) is 23.5 Å². The van der Waals surface area contributed by atoms with E-state index in [1.165, 1.54) is 35.2 Å². The van der Waals surface area contributed by atoms with Gasteiger partial charge in [-0.15, -0.1) is 11.3 Å². The number of rotatable bonds is 5. The molecular formula is C26H24FN3O2S2. The Bertz CT molecular complexity index is 1410. The van der Waals surface area contributed by atoms with Crippen LogP contribution in [0.15, 0.2) is 64.5 Å². The van der Waals surface area contributed by atoms with Crippen molar-refractivity contribution in [2.24, 2.45) is 0 Å². The van der Waals surface area contributed by atoms with Crippen LogP contribution in [0.3, 0.4) is 0 Å². The molecule has 5 rings (SSSR count). The summed E-state index contributed by atoms with van der Waals surface area (Å²) >= 11 is 2.76. The molecule has 1 aliphatic rings. The topological polar surface area (TPSA) is 55.2 Å². The number of para-hydroxylation sites is 1. The molecule has 3 heterocycles. The van der Waals surface area contributed by atoms with E-state index < -0.39 is 0 Å². The average molecular weight is 494 g/mol. The number of fused-ring (bicyclic) bond motifs is 1. The third-order valence-electron chi connectivity index (χ3n) is 6.07. The van der Waals surface area contributed by atoms with Crippen molar-refractivity contribution in [3.63, 3.8) is 0 Å². The zero-order valence-corrected chi connectivity index (χ0v) is 20.6. The molecule has 1 aliphatic heterocycles. The molecule has 5 nitrogen and oxygen atoms in total. The molecule has 34 heavy (non-hydrogen) atoms. The van der Waals surface area contributed by atoms with Gasteiger partial charge in [-0.1, -0.05) is 42.1 Å². The van der Waals surface area contributed by atoms with E-state index in [2.05, 4.69) is 0 Å². The molecular weight excluding hydrogens is 469 g/mol. The Hall–Kier alpha value is -2.97. The molecule has 2 aromatic carbocycles. The Morgan fingerprint density at radius 3 is 2.44 bits per heavy atom. The highest BCUT2D eigenvalue weighted by atomic mass is 32.2. The van der Waals surface area contributed by atoms with Gasteiger partial charge in [0.05, 0.1) is 16.3 Å². The summed E-state index contributed by atoms with van der Waals surface area (Å²) in [5.74, 6) is -0.248. The maximum atomic E-state index is 14.0. The molecule has 4 aromatic rings. The van der Waals surface area contributed by atoms with Gasteiger partial charge in [0.25, 0.3) is 5.56 Å². The van der Waals surface area contributed by atoms with Gasteiger partial charge in [0.15, 0.2) is 5.16 Å². The summed E-state index contributed by atoms with van der Waals surface area (Å²) in [6, 6.07) is 15.6. The summed E-state index contributed by atoms with van der Waals surface area (Å²) in [6.45, 7) is 5.39. The largest absolute Gasteiger partial charge is 0.342 e. The number of halogens is 1. The molecule has 1 saturated heterocycles. The summed E-state index contributed by atoms with van der Waals surface area (Å²) in [5.41, 5.74) is 2.06. The second-order valence-electron chi connectivity index (χ2n) is 8.38. The molecule has 0 radical (unpaired) electrons. The molecule has 1 unspecified atom stereocenters. The Morgan fingerprint density at radius 1 is 1.09 bits per heavy atom. The van der Waals surface area contributed by atoms with E-state index in [-0.39, 0.29) is 22.5 Å². The van der Waals surface area contributed by atoms with Crippen LogP contribution in [-0.2, 0) is 4.79 Å². The first-order valence-corrected chi connectivity index (χ1v) is 13.0. The van der Waals surface area contributed by atoms with E-state index in [1.807, 2.05) is 49.1 Å². The Labute approximate surface area is 205 Å². The lowest BCUT2D eigenvalue weighted by Gasteiger charge is -2.21. The standard InChI is InChI=1S/C26H24FN3O2S2/c1-16-21(18-10-12-19(27)13-11-18)22-23(33-16)28-26(30(25(22)32)20-8-4-3-5-9-20)34-17(2)24(31)29-14-6-7-15-29/h3-5,8-13,17H,6-7,14-15H2,1-2H3. The van der Waals surface area contributed by atoms with Crippen molar-refractivity contribution < 1.29 is 9.18 Å². The maximum Gasteiger partial charge on any atom is 0.268 e. The number of hydrogen-bond donors (Lipinski definition) is 0. The van der Waals surface area contributed by atoms with Crippen molar-refractivity contribution in [2.75, 3.05) is 13.1 Å². The minimum Gasteiger partial charge on any atom is -0.342 e. The lowest BCUT2D eigenvalue weighted by atomic mass is 10.0. The van der Waals surface area contributed by atoms with Crippen molar-refractivity contribution in [2.45, 2.75) is 37.1 Å². The second kappa shape index (κ2) is 9.35. The van der Waals surface area contributed by atoms with E-state index in [1.54, 1.807) is 16.7 Å². The van der Waals surface area contributed by atoms with Gasteiger partial charge in [-0.05, 0) is 56.5 Å². The molecule has 0 N–H and O–H groups in total. The molecule has 0 saturated carbocycles. The van der Waals surface area contributed by atoms with Crippen LogP contribution in [0.5, 0.6) is 0 Å². The minimum absolute atomic E-state index is 0.0748. The van der Waals surface area contributed by atoms with Gasteiger partial charge in [0.1, 0.15) is 10.6 Å². The predicted octanol–water partition coefficient (Wildman–Crippen LogP) is 5.66. The van der Waals surface area contributed by atoms with Gasteiger partial charge in [-0.3, -0.25) is 14.2 Å². The van der Waals surface area contributed by atoms with Gasteiger partial charge >= 0.3 is 0 Å². The third-order valence-corrected chi connectivity index (χ3v) is 8.11. The highest BCUT2D eigenvalue weighted by molar-refractivity contribution is 8.00. The van der Waals surface area contributed by atoms with Crippen molar-refractivity contribution in [3.8, 4) is 16.8 Å². The Balaban J connectivity index is 1.67. The maximum absolute atomic E-state index is 14.0. The molecule has 8 heteroatoms. The number of carbonyl (C=O) groups excluding carboxylic acids is 1. The Kier molecular flexibility index (Phi) is 6.27. The van der Waals surface area contributed by atoms with Crippen molar-refractivity contribution in [1.82, 2.24) is 14.5 Å². The van der Waals surface area contributed by atoms with Crippen LogP contribution in [0.25, 0.3) is 27.0 Å². The number of thiophene rings is 1. The van der Waals surface area contributed by atoms with Crippen LogP contribution in [0, 0.1) is 12.7 Å². The minimum atomic E-state index is -0.366. The second-order valence-corrected chi connectivity index (χ2v) is 10.9. The number of hydrogen-bond acceptors (Lipinski definition) is 5. The monoisotopic (exact) mass is 493 g/mol. The van der Waals surface area contributed by atoms with E-state index >= 15 is 0 Å². The van der Waals surface area contributed by atoms with Gasteiger partial charge in [0.2, 0.25) is 5.91 Å². The number of aryl methyl sites for hydroxylation is 1. The van der Waals surface area contributed by atoms with Crippen LogP contribution in [0.4, 0.5) is 4.39 Å². The number of aromatic nitrogens is 2. The number of amides is 1. The SMILES string of the molecule is Cc1sc2nc(SC(C)C(=O)N3CCCC3)n(-c3ccccc3)c(=O)c2c1-c1ccc(F)cc1. The molecule has 0 aliphatic carbocycles. The zero-order chi connectivity index (χ0) is 23.8. The highest BCUT2D eigenvalue weighted by Crippen LogP contribution is 2.37. The van der Waals surface area contributed by atoms with E-state index in [9.17, 15) is 14.0 Å². The fourth-order valence-electron chi connectivity index (χ4n) is 4.39. The Morgan fingerprint density at radius 2 is 1.76 bits per heavy atom. The fourth-order valence-corrected chi connectivity index (χ4v) is 6.49. The van der Waals surface area contributed by atoms with E-state index in [0.29, 0.717) is 21.1 Å². The molecule has 0 bridgehead atoms. The first-order valence-electron chi connectivity index (χ1n) is 11.3. The molecule has 0 spiro atoms. The number of nitrogens with zero attached hydrogens (tertiary/aromatic N) is 3. The summed E-state index contributed by atoms with van der Waals surface area (Å²) in [5, 5.41) is 0.645. The van der Waals surface area contributed by atoms with E-state index in [4.69, 9.17) is 4.98 Å². The van der Waals surface area contributed by atoms with Crippen molar-refractivity contribution >= 4 is 39.2 Å². The number of benzene rings is 2. The summed E-state index contributed by atoms with van der Waals surface area (Å²) in [7, 11) is 0. The van der Waals surface area contributed by atoms with Gasteiger partial charge in [-0.2, -0.15) is 0 Å². The van der Waals surface area contributed by atoms with Crippen LogP contribution >= 0.6 is 23.1 Å². The molecule has 1 atom stereocenters. The first kappa shape index (κ1) is 22.8. The molecule has 1 fully saturated rings. The summed E-state index contributed by atoms with van der Waals surface area (Å²) < 4.78 is 15.1. The zero-order valence-electron chi connectivity index (χ0n) is 19.0. The van der Waals surface area contributed by atoms with Crippen LogP contribution in [-0.4, -0.2) is 38.7 Å². The molecule has 174 valence electrons.